The van der Waals surface area contributed by atoms with E-state index in [1.807, 2.05) is 0 Å². The number of allylic oxidation sites excluding steroid dienone is 4. The molecule has 0 rings (SSSR count). The van der Waals surface area contributed by atoms with E-state index in [1.54, 1.807) is 0 Å². The molecule has 0 aromatic heterocycles. The summed E-state index contributed by atoms with van der Waals surface area (Å²) in [6.45, 7) is 4.98. The lowest BCUT2D eigenvalue weighted by atomic mass is 10.0. The Bertz CT molecular complexity index is 1430. The first-order valence-corrected chi connectivity index (χ1v) is 42.1. The molecule has 91 heavy (non-hydrogen) atoms. The maximum Gasteiger partial charge on any atom is 0.305 e. The summed E-state index contributed by atoms with van der Waals surface area (Å²) in [6.07, 6.45) is 104. The molecule has 1 amide bonds. The second-order valence-corrected chi connectivity index (χ2v) is 29.2. The van der Waals surface area contributed by atoms with Gasteiger partial charge in [-0.2, -0.15) is 0 Å². The van der Waals surface area contributed by atoms with Crippen LogP contribution < -0.4 is 5.32 Å². The summed E-state index contributed by atoms with van der Waals surface area (Å²) in [7, 11) is 0. The van der Waals surface area contributed by atoms with Gasteiger partial charge in [0, 0.05) is 12.8 Å². The summed E-state index contributed by atoms with van der Waals surface area (Å²) in [6, 6.07) is -0.537. The van der Waals surface area contributed by atoms with Crippen LogP contribution >= 0.6 is 0 Å². The summed E-state index contributed by atoms with van der Waals surface area (Å²) in [5.74, 6) is -0.0125. The molecule has 540 valence electrons. The number of hydrogen-bond donors (Lipinski definition) is 3. The number of esters is 1. The third-order valence-corrected chi connectivity index (χ3v) is 20.0. The van der Waals surface area contributed by atoms with Crippen molar-refractivity contribution in [2.24, 2.45) is 0 Å². The largest absolute Gasteiger partial charge is 0.466 e. The number of hydrogen-bond acceptors (Lipinski definition) is 5. The molecule has 2 unspecified atom stereocenters. The topological polar surface area (TPSA) is 95.9 Å². The van der Waals surface area contributed by atoms with Crippen molar-refractivity contribution < 1.29 is 24.5 Å². The zero-order chi connectivity index (χ0) is 65.6. The number of carbonyl (C=O) groups is 2. The van der Waals surface area contributed by atoms with Crippen LogP contribution in [0.3, 0.4) is 0 Å². The van der Waals surface area contributed by atoms with E-state index < -0.39 is 12.1 Å². The van der Waals surface area contributed by atoms with Gasteiger partial charge in [-0.3, -0.25) is 9.59 Å². The van der Waals surface area contributed by atoms with Gasteiger partial charge in [0.15, 0.2) is 0 Å². The Morgan fingerprint density at radius 1 is 0.308 bits per heavy atom. The molecule has 0 heterocycles. The normalized spacial score (nSPS) is 12.5. The van der Waals surface area contributed by atoms with E-state index in [0.717, 1.165) is 51.4 Å². The van der Waals surface area contributed by atoms with Crippen molar-refractivity contribution in [3.05, 3.63) is 24.3 Å². The van der Waals surface area contributed by atoms with E-state index in [9.17, 15) is 19.8 Å². The molecule has 0 saturated heterocycles. The highest BCUT2D eigenvalue weighted by molar-refractivity contribution is 5.76. The molecule has 3 N–H and O–H groups in total. The van der Waals surface area contributed by atoms with E-state index in [4.69, 9.17) is 4.74 Å². The van der Waals surface area contributed by atoms with Gasteiger partial charge < -0.3 is 20.3 Å². The van der Waals surface area contributed by atoms with Gasteiger partial charge >= 0.3 is 5.97 Å². The van der Waals surface area contributed by atoms with Crippen LogP contribution in [0.4, 0.5) is 0 Å². The predicted molar refractivity (Wildman–Crippen MR) is 403 cm³/mol. The summed E-state index contributed by atoms with van der Waals surface area (Å²) in [5.41, 5.74) is 0. The lowest BCUT2D eigenvalue weighted by Crippen LogP contribution is -2.45. The number of unbranched alkanes of at least 4 members (excludes halogenated alkanes) is 65. The fraction of sp³-hybridized carbons (Fsp3) is 0.929. The Labute approximate surface area is 571 Å². The average molecular weight is 1280 g/mol. The van der Waals surface area contributed by atoms with E-state index in [0.29, 0.717) is 25.9 Å². The molecule has 0 aromatic rings. The third kappa shape index (κ3) is 77.2. The van der Waals surface area contributed by atoms with Crippen molar-refractivity contribution >= 4 is 11.9 Å². The number of aliphatic hydroxyl groups excluding tert-OH is 2. The molecular formula is C85H165NO5. The maximum atomic E-state index is 12.6. The van der Waals surface area contributed by atoms with Crippen molar-refractivity contribution in [1.29, 1.82) is 0 Å². The Morgan fingerprint density at radius 3 is 0.857 bits per heavy atom. The van der Waals surface area contributed by atoms with E-state index in [2.05, 4.69) is 43.5 Å². The van der Waals surface area contributed by atoms with Crippen LogP contribution in [0, 0.1) is 0 Å². The van der Waals surface area contributed by atoms with Crippen molar-refractivity contribution in [2.75, 3.05) is 13.2 Å². The first-order valence-electron chi connectivity index (χ1n) is 42.1. The molecule has 2 atom stereocenters. The number of aliphatic hydroxyl groups is 2. The summed E-state index contributed by atoms with van der Waals surface area (Å²) < 4.78 is 5.50. The van der Waals surface area contributed by atoms with E-state index in [-0.39, 0.29) is 18.5 Å². The lowest BCUT2D eigenvalue weighted by molar-refractivity contribution is -0.143. The third-order valence-electron chi connectivity index (χ3n) is 20.0. The van der Waals surface area contributed by atoms with Crippen LogP contribution in [-0.2, 0) is 14.3 Å². The van der Waals surface area contributed by atoms with Crippen LogP contribution in [0.15, 0.2) is 24.3 Å². The Morgan fingerprint density at radius 2 is 0.549 bits per heavy atom. The number of amides is 1. The van der Waals surface area contributed by atoms with Crippen LogP contribution in [0.5, 0.6) is 0 Å². The molecule has 6 heteroatoms. The highest BCUT2D eigenvalue weighted by atomic mass is 16.5. The molecular weight excluding hydrogens is 1110 g/mol. The smallest absolute Gasteiger partial charge is 0.305 e. The molecule has 0 bridgehead atoms. The second kappa shape index (κ2) is 80.8. The minimum absolute atomic E-state index is 0.0109. The maximum absolute atomic E-state index is 12.6. The van der Waals surface area contributed by atoms with Gasteiger partial charge in [-0.05, 0) is 57.8 Å². The molecule has 0 spiro atoms. The highest BCUT2D eigenvalue weighted by Gasteiger charge is 2.20. The molecule has 0 aromatic carbocycles. The van der Waals surface area contributed by atoms with E-state index in [1.165, 1.54) is 398 Å². The van der Waals surface area contributed by atoms with Crippen molar-refractivity contribution in [3.8, 4) is 0 Å². The number of rotatable bonds is 80. The Hall–Kier alpha value is -1.66. The minimum Gasteiger partial charge on any atom is -0.466 e. The van der Waals surface area contributed by atoms with Gasteiger partial charge in [-0.1, -0.05) is 436 Å². The van der Waals surface area contributed by atoms with Gasteiger partial charge in [-0.25, -0.2) is 0 Å². The van der Waals surface area contributed by atoms with Gasteiger partial charge in [-0.15, -0.1) is 0 Å². The summed E-state index contributed by atoms with van der Waals surface area (Å²) >= 11 is 0. The minimum atomic E-state index is -0.661. The molecule has 0 aliphatic carbocycles. The SMILES string of the molecule is CCCCC/C=C\C/C=C\CCCCCCCC(=O)OCCCCCCCCCCCCCCCCCCCCCCCCCCCCCCCCCCCCCCCCCC(=O)NC(CO)C(O)CCCCCCCCCCCCCCCCCCCCCC. The Balaban J connectivity index is 3.30. The van der Waals surface area contributed by atoms with Crippen LogP contribution in [0.1, 0.15) is 483 Å². The van der Waals surface area contributed by atoms with Crippen molar-refractivity contribution in [3.63, 3.8) is 0 Å². The fourth-order valence-electron chi connectivity index (χ4n) is 13.6. The highest BCUT2D eigenvalue weighted by Crippen LogP contribution is 2.21. The lowest BCUT2D eigenvalue weighted by Gasteiger charge is -2.22. The van der Waals surface area contributed by atoms with Crippen molar-refractivity contribution in [2.45, 2.75) is 495 Å². The zero-order valence-corrected chi connectivity index (χ0v) is 62.1. The van der Waals surface area contributed by atoms with Gasteiger partial charge in [0.2, 0.25) is 5.91 Å². The number of ether oxygens (including phenoxy) is 1. The average Bonchev–Trinajstić information content (AvgIpc) is 3.74. The van der Waals surface area contributed by atoms with E-state index >= 15 is 0 Å². The van der Waals surface area contributed by atoms with Crippen molar-refractivity contribution in [1.82, 2.24) is 5.32 Å². The first-order chi connectivity index (χ1) is 45.0. The van der Waals surface area contributed by atoms with Crippen LogP contribution in [0.25, 0.3) is 0 Å². The fourth-order valence-corrected chi connectivity index (χ4v) is 13.6. The summed E-state index contributed by atoms with van der Waals surface area (Å²) in [4.78, 5) is 24.7. The molecule has 0 saturated carbocycles. The Kier molecular flexibility index (Phi) is 79.3. The van der Waals surface area contributed by atoms with Gasteiger partial charge in [0.1, 0.15) is 0 Å². The molecule has 0 fully saturated rings. The van der Waals surface area contributed by atoms with Gasteiger partial charge in [0.25, 0.3) is 0 Å². The molecule has 0 aliphatic heterocycles. The van der Waals surface area contributed by atoms with Crippen LogP contribution in [0.2, 0.25) is 0 Å². The van der Waals surface area contributed by atoms with Crippen LogP contribution in [-0.4, -0.2) is 47.4 Å². The zero-order valence-electron chi connectivity index (χ0n) is 62.1. The first kappa shape index (κ1) is 89.3. The number of carbonyl (C=O) groups excluding carboxylic acids is 2. The second-order valence-electron chi connectivity index (χ2n) is 29.2. The quantitative estimate of drug-likeness (QED) is 0.0320. The molecule has 0 radical (unpaired) electrons. The monoisotopic (exact) mass is 1280 g/mol. The standard InChI is InChI=1S/C85H165NO5/c1-3-5-7-9-11-13-15-17-19-20-21-43-46-50-53-57-61-65-69-73-77-83(88)82(81-87)86-84(89)78-74-70-66-62-58-54-51-47-44-41-39-37-35-33-31-29-27-25-23-22-24-26-28-30-32-34-36-38-40-42-45-48-52-56-60-64-68-72-76-80-91-85(90)79-75-71-67-63-59-55-49-18-16-14-12-10-8-6-4-2/h12,14,18,49,82-83,87-88H,3-11,13,15-17,19-48,50-81H2,1-2H3,(H,86,89)/b14-12-,49-18-. The predicted octanol–water partition coefficient (Wildman–Crippen LogP) is 28.0. The molecule has 6 nitrogen and oxygen atoms in total. The molecule has 0 aliphatic rings. The summed E-state index contributed by atoms with van der Waals surface area (Å²) in [5, 5.41) is 23.5. The number of nitrogens with one attached hydrogen (secondary N) is 1. The van der Waals surface area contributed by atoms with Gasteiger partial charge in [0.05, 0.1) is 25.4 Å².